The smallest absolute Gasteiger partial charge is 0.144 e. The Morgan fingerprint density at radius 2 is 1.79 bits per heavy atom. The van der Waals surface area contributed by atoms with Crippen molar-refractivity contribution in [3.63, 3.8) is 0 Å². The van der Waals surface area contributed by atoms with Gasteiger partial charge in [0, 0.05) is 32.7 Å². The molecule has 2 saturated carbocycles. The molecule has 4 aliphatic carbocycles. The Morgan fingerprint density at radius 3 is 2.57 bits per heavy atom. The Morgan fingerprint density at radius 1 is 1.02 bits per heavy atom. The third-order valence-corrected chi connectivity index (χ3v) is 11.8. The molecule has 6 rings (SSSR count). The van der Waals surface area contributed by atoms with Crippen molar-refractivity contribution in [2.24, 2.45) is 33.7 Å². The number of methoxy groups -OCH3 is 1. The number of aliphatic hydroxyl groups is 2. The van der Waals surface area contributed by atoms with Gasteiger partial charge in [-0.3, -0.25) is 4.90 Å². The minimum Gasteiger partial charge on any atom is -0.495 e. The molecule has 1 heterocycles. The molecule has 1 aromatic rings. The van der Waals surface area contributed by atoms with Crippen molar-refractivity contribution in [2.45, 2.75) is 77.9 Å². The van der Waals surface area contributed by atoms with Crippen molar-refractivity contribution >= 4 is 11.4 Å². The number of aliphatic hydroxyl groups excluding tert-OH is 2. The monoisotopic (exact) mass is 577 g/mol. The molecule has 1 aromatic carbocycles. The molecule has 3 fully saturated rings. The first kappa shape index (κ1) is 29.7. The maximum Gasteiger partial charge on any atom is 0.144 e. The Balaban J connectivity index is 1.00. The van der Waals surface area contributed by atoms with Crippen LogP contribution in [0.1, 0.15) is 65.7 Å². The van der Waals surface area contributed by atoms with Crippen LogP contribution >= 0.6 is 0 Å². The van der Waals surface area contributed by atoms with E-state index in [1.165, 1.54) is 24.0 Å². The van der Waals surface area contributed by atoms with Gasteiger partial charge in [-0.1, -0.05) is 48.9 Å². The van der Waals surface area contributed by atoms with Gasteiger partial charge in [-0.05, 0) is 98.2 Å². The van der Waals surface area contributed by atoms with E-state index < -0.39 is 6.10 Å². The molecule has 0 aromatic heterocycles. The highest BCUT2D eigenvalue weighted by Gasteiger charge is 2.57. The number of fused-ring (bicyclic) bond motifs is 5. The molecule has 5 aliphatic rings. The number of ether oxygens (including phenoxy) is 1. The number of piperazine rings is 1. The minimum absolute atomic E-state index is 0.133. The molecule has 1 saturated heterocycles. The van der Waals surface area contributed by atoms with Crippen molar-refractivity contribution in [1.82, 2.24) is 4.90 Å². The van der Waals surface area contributed by atoms with Gasteiger partial charge in [0.2, 0.25) is 0 Å². The molecule has 1 aliphatic heterocycles. The summed E-state index contributed by atoms with van der Waals surface area (Å²) in [4.78, 5) is 10.4. The SMILES string of the molecule is COc1ccccc1N1CCN(CC(O)CO/N=C(/C)C2=CCC3C4CC=C5CC(O)CCC5(C)C4CCC23C)CC1. The predicted octanol–water partition coefficient (Wildman–Crippen LogP) is 5.43. The van der Waals surface area contributed by atoms with E-state index in [-0.39, 0.29) is 23.5 Å². The van der Waals surface area contributed by atoms with Crippen molar-refractivity contribution in [3.05, 3.63) is 47.6 Å². The summed E-state index contributed by atoms with van der Waals surface area (Å²) in [6.45, 7) is 11.4. The molecule has 2 N–H and O–H groups in total. The van der Waals surface area contributed by atoms with Crippen LogP contribution in [0.5, 0.6) is 5.75 Å². The summed E-state index contributed by atoms with van der Waals surface area (Å²) in [7, 11) is 1.72. The fourth-order valence-electron chi connectivity index (χ4n) is 9.45. The Bertz CT molecular complexity index is 1220. The first-order valence-electron chi connectivity index (χ1n) is 16.3. The quantitative estimate of drug-likeness (QED) is 0.244. The summed E-state index contributed by atoms with van der Waals surface area (Å²) in [6, 6.07) is 8.16. The van der Waals surface area contributed by atoms with Crippen LogP contribution in [0.2, 0.25) is 0 Å². The molecule has 7 heteroatoms. The summed E-state index contributed by atoms with van der Waals surface area (Å²) in [5.41, 5.74) is 5.37. The number of nitrogens with zero attached hydrogens (tertiary/aromatic N) is 3. The fraction of sp³-hybridized carbons (Fsp3) is 0.686. The van der Waals surface area contributed by atoms with E-state index in [9.17, 15) is 10.2 Å². The van der Waals surface area contributed by atoms with Crippen LogP contribution < -0.4 is 9.64 Å². The number of anilines is 1. The van der Waals surface area contributed by atoms with E-state index >= 15 is 0 Å². The standard InChI is InChI=1S/C35H51N3O4/c1-24(36-42-23-27(40)22-37-17-19-38(20-18-37)32-7-5-6-8-33(32)41-4)29-11-12-30-28-10-9-25-21-26(39)13-15-34(25,2)31(28)14-16-35(29,30)3/h5-9,11,26-28,30-31,39-40H,10,12-23H2,1-4H3/b36-24-. The van der Waals surface area contributed by atoms with Crippen LogP contribution in [0.4, 0.5) is 5.69 Å². The van der Waals surface area contributed by atoms with Gasteiger partial charge in [0.15, 0.2) is 0 Å². The lowest BCUT2D eigenvalue weighted by atomic mass is 9.47. The molecule has 230 valence electrons. The largest absolute Gasteiger partial charge is 0.495 e. The van der Waals surface area contributed by atoms with Gasteiger partial charge < -0.3 is 24.7 Å². The average molecular weight is 578 g/mol. The lowest BCUT2D eigenvalue weighted by molar-refractivity contribution is -0.0281. The third-order valence-electron chi connectivity index (χ3n) is 11.8. The molecule has 0 bridgehead atoms. The van der Waals surface area contributed by atoms with Crippen LogP contribution in [-0.4, -0.2) is 79.5 Å². The van der Waals surface area contributed by atoms with Crippen LogP contribution in [0.3, 0.4) is 0 Å². The highest BCUT2D eigenvalue weighted by Crippen LogP contribution is 2.65. The number of para-hydroxylation sites is 2. The fourth-order valence-corrected chi connectivity index (χ4v) is 9.45. The first-order valence-corrected chi connectivity index (χ1v) is 16.3. The van der Waals surface area contributed by atoms with E-state index in [1.54, 1.807) is 7.11 Å². The number of β-amino-alcohol motifs (C(OH)–C–C–N with tert-alkyl or cyclic N) is 1. The normalized spacial score (nSPS) is 35.9. The zero-order valence-corrected chi connectivity index (χ0v) is 26.1. The number of oxime groups is 1. The van der Waals surface area contributed by atoms with Gasteiger partial charge in [0.05, 0.1) is 24.6 Å². The molecule has 7 unspecified atom stereocenters. The van der Waals surface area contributed by atoms with Gasteiger partial charge in [-0.15, -0.1) is 0 Å². The molecular formula is C35H51N3O4. The van der Waals surface area contributed by atoms with E-state index in [2.05, 4.69) is 53.9 Å². The molecular weight excluding hydrogens is 526 g/mol. The third kappa shape index (κ3) is 5.41. The zero-order valence-electron chi connectivity index (χ0n) is 26.1. The van der Waals surface area contributed by atoms with Crippen molar-refractivity contribution in [3.8, 4) is 5.75 Å². The molecule has 7 nitrogen and oxygen atoms in total. The summed E-state index contributed by atoms with van der Waals surface area (Å²) in [5, 5.41) is 25.6. The highest BCUT2D eigenvalue weighted by molar-refractivity contribution is 5.99. The average Bonchev–Trinajstić information content (AvgIpc) is 3.35. The van der Waals surface area contributed by atoms with E-state index in [4.69, 9.17) is 9.57 Å². The van der Waals surface area contributed by atoms with Gasteiger partial charge in [-0.25, -0.2) is 0 Å². The summed E-state index contributed by atoms with van der Waals surface area (Å²) < 4.78 is 5.54. The van der Waals surface area contributed by atoms with Crippen LogP contribution in [0.15, 0.2) is 52.7 Å². The lowest BCUT2D eigenvalue weighted by Gasteiger charge is -2.57. The maximum atomic E-state index is 10.7. The number of hydrogen-bond donors (Lipinski definition) is 2. The number of benzene rings is 1. The topological polar surface area (TPSA) is 77.8 Å². The van der Waals surface area contributed by atoms with Crippen LogP contribution in [-0.2, 0) is 4.84 Å². The second-order valence-corrected chi connectivity index (χ2v) is 14.1. The number of hydrogen-bond acceptors (Lipinski definition) is 7. The summed E-state index contributed by atoms with van der Waals surface area (Å²) in [6.07, 6.45) is 11.8. The minimum atomic E-state index is -0.575. The lowest BCUT2D eigenvalue weighted by Crippen LogP contribution is -2.50. The van der Waals surface area contributed by atoms with Gasteiger partial charge in [0.25, 0.3) is 0 Å². The Kier molecular flexibility index (Phi) is 8.47. The second kappa shape index (κ2) is 12.0. The van der Waals surface area contributed by atoms with Crippen molar-refractivity contribution < 1.29 is 19.8 Å². The molecule has 0 spiro atoms. The second-order valence-electron chi connectivity index (χ2n) is 14.1. The van der Waals surface area contributed by atoms with Crippen molar-refractivity contribution in [2.75, 3.05) is 51.3 Å². The molecule has 7 atom stereocenters. The molecule has 0 radical (unpaired) electrons. The zero-order chi connectivity index (χ0) is 29.5. The maximum absolute atomic E-state index is 10.7. The van der Waals surface area contributed by atoms with Crippen LogP contribution in [0.25, 0.3) is 0 Å². The number of rotatable bonds is 8. The van der Waals surface area contributed by atoms with Crippen molar-refractivity contribution in [1.29, 1.82) is 0 Å². The van der Waals surface area contributed by atoms with Gasteiger partial charge in [-0.2, -0.15) is 0 Å². The summed E-state index contributed by atoms with van der Waals surface area (Å²) >= 11 is 0. The van der Waals surface area contributed by atoms with E-state index in [0.29, 0.717) is 18.4 Å². The van der Waals surface area contributed by atoms with E-state index in [0.717, 1.165) is 81.3 Å². The molecule has 42 heavy (non-hydrogen) atoms. The molecule has 0 amide bonds. The highest BCUT2D eigenvalue weighted by atomic mass is 16.6. The first-order chi connectivity index (χ1) is 20.2. The predicted molar refractivity (Wildman–Crippen MR) is 168 cm³/mol. The Hall–Kier alpha value is -2.35. The number of allylic oxidation sites excluding steroid dienone is 3. The Labute approximate surface area is 252 Å². The van der Waals surface area contributed by atoms with Crippen LogP contribution in [0, 0.1) is 28.6 Å². The van der Waals surface area contributed by atoms with Gasteiger partial charge >= 0.3 is 0 Å². The van der Waals surface area contributed by atoms with Gasteiger partial charge in [0.1, 0.15) is 18.5 Å². The summed E-state index contributed by atoms with van der Waals surface area (Å²) in [5.74, 6) is 2.96. The van der Waals surface area contributed by atoms with E-state index in [1.807, 2.05) is 18.2 Å².